The maximum atomic E-state index is 13.2. The van der Waals surface area contributed by atoms with Gasteiger partial charge >= 0.3 is 5.63 Å². The molecule has 1 amide bonds. The molecule has 4 heterocycles. The number of aryl methyl sites for hydroxylation is 1. The molecule has 0 radical (unpaired) electrons. The second-order valence-electron chi connectivity index (χ2n) is 8.50. The molecule has 2 bridgehead atoms. The van der Waals surface area contributed by atoms with E-state index in [0.717, 1.165) is 36.9 Å². The van der Waals surface area contributed by atoms with Gasteiger partial charge in [0.25, 0.3) is 5.91 Å². The molecule has 3 saturated heterocycles. The summed E-state index contributed by atoms with van der Waals surface area (Å²) in [6, 6.07) is 6.15. The minimum atomic E-state index is -0.564. The molecule has 5 rings (SSSR count). The average molecular weight is 382 g/mol. The Balaban J connectivity index is 1.37. The Morgan fingerprint density at radius 3 is 2.54 bits per heavy atom. The lowest BCUT2D eigenvalue weighted by Crippen LogP contribution is -2.45. The van der Waals surface area contributed by atoms with Crippen molar-refractivity contribution in [1.29, 1.82) is 0 Å². The Morgan fingerprint density at radius 2 is 1.86 bits per heavy atom. The molecule has 148 valence electrons. The van der Waals surface area contributed by atoms with Gasteiger partial charge in [-0.25, -0.2) is 4.79 Å². The number of benzene rings is 1. The second kappa shape index (κ2) is 6.34. The lowest BCUT2D eigenvalue weighted by atomic mass is 9.82. The Morgan fingerprint density at radius 1 is 1.18 bits per heavy atom. The molecule has 6 nitrogen and oxygen atoms in total. The predicted molar refractivity (Wildman–Crippen MR) is 106 cm³/mol. The number of carbonyl (C=O) groups excluding carboxylic acids is 1. The van der Waals surface area contributed by atoms with Gasteiger partial charge in [-0.15, -0.1) is 0 Å². The molecule has 0 spiro atoms. The highest BCUT2D eigenvalue weighted by Crippen LogP contribution is 2.47. The van der Waals surface area contributed by atoms with E-state index in [9.17, 15) is 9.59 Å². The molecule has 5 atom stereocenters. The van der Waals surface area contributed by atoms with Crippen molar-refractivity contribution < 1.29 is 13.9 Å². The average Bonchev–Trinajstić information content (AvgIpc) is 3.37. The summed E-state index contributed by atoms with van der Waals surface area (Å²) < 4.78 is 11.4. The van der Waals surface area contributed by atoms with Gasteiger partial charge in [-0.3, -0.25) is 4.79 Å². The van der Waals surface area contributed by atoms with Crippen LogP contribution >= 0.6 is 0 Å². The third kappa shape index (κ3) is 2.50. The van der Waals surface area contributed by atoms with E-state index in [-0.39, 0.29) is 11.5 Å². The smallest absolute Gasteiger partial charge is 0.339 e. The summed E-state index contributed by atoms with van der Waals surface area (Å²) in [4.78, 5) is 27.2. The molecule has 3 fully saturated rings. The van der Waals surface area contributed by atoms with Crippen molar-refractivity contribution in [2.45, 2.75) is 51.8 Å². The van der Waals surface area contributed by atoms with Crippen LogP contribution in [0, 0.1) is 25.7 Å². The fraction of sp³-hybridized carbons (Fsp3) is 0.545. The van der Waals surface area contributed by atoms with Crippen molar-refractivity contribution in [2.75, 3.05) is 13.1 Å². The number of ether oxygens (including phenoxy) is 1. The SMILES string of the molecule is Cc1c(C)c2ccc(OC(C)C(=O)N3[C@@H]4CC[C@H]3[C@H]3CNC[C@H]34)cc2oc1=O. The standard InChI is InChI=1S/C22H26N2O4/c1-11-12(2)22(26)28-20-8-14(4-5-15(11)20)27-13(3)21(25)24-18-6-7-19(24)17-10-23-9-16(17)18/h4-5,8,13,16-19,23H,6-7,9-10H2,1-3H3/t13?,16-,17+,18-,19+. The fourth-order valence-corrected chi connectivity index (χ4v) is 5.56. The lowest BCUT2D eigenvalue weighted by Gasteiger charge is -2.28. The van der Waals surface area contributed by atoms with Crippen molar-refractivity contribution in [1.82, 2.24) is 10.2 Å². The van der Waals surface area contributed by atoms with Crippen molar-refractivity contribution in [2.24, 2.45) is 11.8 Å². The molecule has 1 N–H and O–H groups in total. The molecule has 1 unspecified atom stereocenters. The van der Waals surface area contributed by atoms with Crippen LogP contribution in [-0.4, -0.2) is 42.1 Å². The minimum absolute atomic E-state index is 0.0727. The Bertz CT molecular complexity index is 995. The predicted octanol–water partition coefficient (Wildman–Crippen LogP) is 2.39. The van der Waals surface area contributed by atoms with E-state index >= 15 is 0 Å². The van der Waals surface area contributed by atoms with Gasteiger partial charge in [-0.05, 0) is 63.1 Å². The zero-order valence-electron chi connectivity index (χ0n) is 16.5. The summed E-state index contributed by atoms with van der Waals surface area (Å²) in [5, 5.41) is 4.37. The van der Waals surface area contributed by atoms with Gasteiger partial charge < -0.3 is 19.4 Å². The van der Waals surface area contributed by atoms with Gasteiger partial charge in [0.2, 0.25) is 0 Å². The minimum Gasteiger partial charge on any atom is -0.481 e. The van der Waals surface area contributed by atoms with E-state index in [1.54, 1.807) is 13.0 Å². The quantitative estimate of drug-likeness (QED) is 0.826. The van der Waals surface area contributed by atoms with Gasteiger partial charge in [0.1, 0.15) is 11.3 Å². The van der Waals surface area contributed by atoms with Gasteiger partial charge in [-0.2, -0.15) is 0 Å². The number of fused-ring (bicyclic) bond motifs is 6. The van der Waals surface area contributed by atoms with Gasteiger partial charge in [-0.1, -0.05) is 0 Å². The number of hydrogen-bond acceptors (Lipinski definition) is 5. The molecular weight excluding hydrogens is 356 g/mol. The van der Waals surface area contributed by atoms with Crippen LogP contribution in [0.25, 0.3) is 11.0 Å². The van der Waals surface area contributed by atoms with Crippen LogP contribution in [0.3, 0.4) is 0 Å². The number of rotatable bonds is 3. The van der Waals surface area contributed by atoms with E-state index < -0.39 is 6.10 Å². The summed E-state index contributed by atoms with van der Waals surface area (Å²) in [5.74, 6) is 1.81. The largest absolute Gasteiger partial charge is 0.481 e. The van der Waals surface area contributed by atoms with Crippen molar-refractivity contribution >= 4 is 16.9 Å². The molecule has 0 saturated carbocycles. The zero-order valence-corrected chi connectivity index (χ0v) is 16.5. The first kappa shape index (κ1) is 17.7. The Kier molecular flexibility index (Phi) is 4.02. The summed E-state index contributed by atoms with van der Waals surface area (Å²) >= 11 is 0. The second-order valence-corrected chi connectivity index (χ2v) is 8.50. The van der Waals surface area contributed by atoms with E-state index in [1.807, 2.05) is 26.0 Å². The highest BCUT2D eigenvalue weighted by Gasteiger charge is 2.56. The molecule has 1 aromatic carbocycles. The van der Waals surface area contributed by atoms with E-state index in [4.69, 9.17) is 9.15 Å². The van der Waals surface area contributed by atoms with E-state index in [2.05, 4.69) is 10.2 Å². The monoisotopic (exact) mass is 382 g/mol. The van der Waals surface area contributed by atoms with Crippen LogP contribution in [0.2, 0.25) is 0 Å². The van der Waals surface area contributed by atoms with E-state index in [1.165, 1.54) is 0 Å². The maximum Gasteiger partial charge on any atom is 0.339 e. The van der Waals surface area contributed by atoms with Crippen molar-refractivity contribution in [3.63, 3.8) is 0 Å². The highest BCUT2D eigenvalue weighted by molar-refractivity contribution is 5.84. The fourth-order valence-electron chi connectivity index (χ4n) is 5.56. The molecule has 28 heavy (non-hydrogen) atoms. The summed E-state index contributed by atoms with van der Waals surface area (Å²) in [7, 11) is 0. The molecule has 2 aromatic rings. The molecule has 3 aliphatic rings. The zero-order chi connectivity index (χ0) is 19.6. The van der Waals surface area contributed by atoms with Crippen LogP contribution in [0.15, 0.2) is 27.4 Å². The van der Waals surface area contributed by atoms with Crippen molar-refractivity contribution in [3.05, 3.63) is 39.7 Å². The molecule has 6 heteroatoms. The Hall–Kier alpha value is -2.34. The molecule has 0 aliphatic carbocycles. The first-order chi connectivity index (χ1) is 13.5. The third-order valence-electron chi connectivity index (χ3n) is 7.11. The number of amides is 1. The number of carbonyl (C=O) groups is 1. The summed E-state index contributed by atoms with van der Waals surface area (Å²) in [6.45, 7) is 7.53. The van der Waals surface area contributed by atoms with Gasteiger partial charge in [0, 0.05) is 42.2 Å². The number of nitrogens with zero attached hydrogens (tertiary/aromatic N) is 1. The first-order valence-electron chi connectivity index (χ1n) is 10.2. The first-order valence-corrected chi connectivity index (χ1v) is 10.2. The number of hydrogen-bond donors (Lipinski definition) is 1. The topological polar surface area (TPSA) is 71.8 Å². The van der Waals surface area contributed by atoms with Crippen LogP contribution in [-0.2, 0) is 4.79 Å². The number of nitrogens with one attached hydrogen (secondary N) is 1. The van der Waals surface area contributed by atoms with E-state index in [0.29, 0.717) is 40.8 Å². The van der Waals surface area contributed by atoms with Crippen LogP contribution in [0.5, 0.6) is 5.75 Å². The Labute approximate surface area is 163 Å². The summed E-state index contributed by atoms with van der Waals surface area (Å²) in [6.07, 6.45) is 1.64. The van der Waals surface area contributed by atoms with Gasteiger partial charge in [0.15, 0.2) is 6.10 Å². The lowest BCUT2D eigenvalue weighted by molar-refractivity contribution is -0.139. The van der Waals surface area contributed by atoms with Crippen LogP contribution < -0.4 is 15.7 Å². The molecule has 1 aromatic heterocycles. The van der Waals surface area contributed by atoms with Crippen LogP contribution in [0.4, 0.5) is 0 Å². The van der Waals surface area contributed by atoms with Crippen molar-refractivity contribution in [3.8, 4) is 5.75 Å². The molecular formula is C22H26N2O4. The normalized spacial score (nSPS) is 29.3. The van der Waals surface area contributed by atoms with Crippen LogP contribution in [0.1, 0.15) is 30.9 Å². The highest BCUT2D eigenvalue weighted by atomic mass is 16.5. The molecule has 3 aliphatic heterocycles. The van der Waals surface area contributed by atoms with Gasteiger partial charge in [0.05, 0.1) is 0 Å². The third-order valence-corrected chi connectivity index (χ3v) is 7.11. The summed E-state index contributed by atoms with van der Waals surface area (Å²) in [5.41, 5.74) is 1.69. The maximum absolute atomic E-state index is 13.2.